The first-order chi connectivity index (χ1) is 14.2. The molecule has 29 heavy (non-hydrogen) atoms. The standard InChI is InChI=1S/C23H28N2O4/c26-22(24-14-5-1-6-15-24)28-21(29-23(27)25-16-7-2-8-17-25)20-13-9-11-18-10-3-4-12-19(18)20/h3-4,9-13,21H,1-2,5-8,14-17H2. The Labute approximate surface area is 171 Å². The molecule has 4 rings (SSSR count). The summed E-state index contributed by atoms with van der Waals surface area (Å²) in [6.45, 7) is 2.73. The number of rotatable bonds is 3. The number of carbonyl (C=O) groups excluding carboxylic acids is 2. The molecule has 2 aliphatic rings. The van der Waals surface area contributed by atoms with Crippen LogP contribution in [0.4, 0.5) is 9.59 Å². The van der Waals surface area contributed by atoms with Crippen LogP contribution in [0.2, 0.25) is 0 Å². The van der Waals surface area contributed by atoms with Gasteiger partial charge in [0.1, 0.15) is 0 Å². The van der Waals surface area contributed by atoms with Crippen LogP contribution in [0.1, 0.15) is 50.4 Å². The first-order valence-electron chi connectivity index (χ1n) is 10.6. The molecule has 0 radical (unpaired) electrons. The Bertz CT molecular complexity index is 820. The molecule has 2 heterocycles. The Kier molecular flexibility index (Phi) is 6.17. The van der Waals surface area contributed by atoms with E-state index in [4.69, 9.17) is 9.47 Å². The van der Waals surface area contributed by atoms with Gasteiger partial charge in [-0.1, -0.05) is 42.5 Å². The molecule has 6 heteroatoms. The normalized spacial score (nSPS) is 17.4. The van der Waals surface area contributed by atoms with Crippen LogP contribution in [0.5, 0.6) is 0 Å². The van der Waals surface area contributed by atoms with Crippen molar-refractivity contribution >= 4 is 23.0 Å². The third-order valence-electron chi connectivity index (χ3n) is 5.72. The van der Waals surface area contributed by atoms with Gasteiger partial charge in [0.25, 0.3) is 6.29 Å². The van der Waals surface area contributed by atoms with E-state index in [1.165, 1.54) is 0 Å². The summed E-state index contributed by atoms with van der Waals surface area (Å²) in [4.78, 5) is 29.0. The minimum absolute atomic E-state index is 0.422. The zero-order valence-electron chi connectivity index (χ0n) is 16.7. The van der Waals surface area contributed by atoms with Crippen molar-refractivity contribution in [2.75, 3.05) is 26.2 Å². The number of piperidine rings is 2. The number of amides is 2. The highest BCUT2D eigenvalue weighted by molar-refractivity contribution is 5.86. The van der Waals surface area contributed by atoms with Crippen LogP contribution in [-0.4, -0.2) is 48.2 Å². The molecule has 0 unspecified atom stereocenters. The van der Waals surface area contributed by atoms with Gasteiger partial charge in [0.05, 0.1) is 0 Å². The summed E-state index contributed by atoms with van der Waals surface area (Å²) in [6.07, 6.45) is 4.24. The van der Waals surface area contributed by atoms with Crippen molar-refractivity contribution in [3.63, 3.8) is 0 Å². The third-order valence-corrected chi connectivity index (χ3v) is 5.72. The average Bonchev–Trinajstić information content (AvgIpc) is 2.79. The molecule has 0 aliphatic carbocycles. The molecule has 2 amide bonds. The second-order valence-electron chi connectivity index (χ2n) is 7.76. The second-order valence-corrected chi connectivity index (χ2v) is 7.76. The summed E-state index contributed by atoms with van der Waals surface area (Å²) in [7, 11) is 0. The lowest BCUT2D eigenvalue weighted by molar-refractivity contribution is -0.0848. The molecule has 6 nitrogen and oxygen atoms in total. The lowest BCUT2D eigenvalue weighted by atomic mass is 10.0. The van der Waals surface area contributed by atoms with Crippen molar-refractivity contribution < 1.29 is 19.1 Å². The van der Waals surface area contributed by atoms with E-state index in [9.17, 15) is 9.59 Å². The van der Waals surface area contributed by atoms with Crippen LogP contribution in [0, 0.1) is 0 Å². The van der Waals surface area contributed by atoms with Gasteiger partial charge >= 0.3 is 12.2 Å². The molecule has 2 fully saturated rings. The molecule has 2 aromatic carbocycles. The number of hydrogen-bond donors (Lipinski definition) is 0. The van der Waals surface area contributed by atoms with E-state index in [0.717, 1.165) is 49.3 Å². The van der Waals surface area contributed by atoms with Crippen LogP contribution in [0.25, 0.3) is 10.8 Å². The lowest BCUT2D eigenvalue weighted by Gasteiger charge is -2.31. The summed E-state index contributed by atoms with van der Waals surface area (Å²) in [5.41, 5.74) is 0.693. The number of hydrogen-bond acceptors (Lipinski definition) is 4. The number of fused-ring (bicyclic) bond motifs is 1. The predicted octanol–water partition coefficient (Wildman–Crippen LogP) is 5.08. The van der Waals surface area contributed by atoms with Crippen molar-refractivity contribution in [1.29, 1.82) is 0 Å². The zero-order valence-corrected chi connectivity index (χ0v) is 16.7. The van der Waals surface area contributed by atoms with E-state index < -0.39 is 18.5 Å². The monoisotopic (exact) mass is 396 g/mol. The Morgan fingerprint density at radius 3 is 1.79 bits per heavy atom. The molecule has 154 valence electrons. The maximum atomic E-state index is 12.8. The van der Waals surface area contributed by atoms with Crippen LogP contribution in [0.15, 0.2) is 42.5 Å². The van der Waals surface area contributed by atoms with E-state index in [1.807, 2.05) is 42.5 Å². The Morgan fingerprint density at radius 1 is 0.690 bits per heavy atom. The SMILES string of the molecule is O=C(OC(OC(=O)N1CCCCC1)c1cccc2ccccc12)N1CCCCC1. The van der Waals surface area contributed by atoms with Crippen LogP contribution in [-0.2, 0) is 9.47 Å². The topological polar surface area (TPSA) is 59.1 Å². The molecule has 2 saturated heterocycles. The van der Waals surface area contributed by atoms with Gasteiger partial charge in [0, 0.05) is 31.7 Å². The molecule has 0 bridgehead atoms. The Hall–Kier alpha value is -2.76. The molecule has 2 aliphatic heterocycles. The van der Waals surface area contributed by atoms with Gasteiger partial charge in [-0.3, -0.25) is 0 Å². The van der Waals surface area contributed by atoms with Gasteiger partial charge in [-0.2, -0.15) is 0 Å². The van der Waals surface area contributed by atoms with Crippen molar-refractivity contribution in [3.8, 4) is 0 Å². The van der Waals surface area contributed by atoms with Gasteiger partial charge in [0.15, 0.2) is 0 Å². The number of benzene rings is 2. The van der Waals surface area contributed by atoms with Gasteiger partial charge in [0.2, 0.25) is 0 Å². The van der Waals surface area contributed by atoms with Crippen LogP contribution in [0.3, 0.4) is 0 Å². The van der Waals surface area contributed by atoms with Gasteiger partial charge < -0.3 is 19.3 Å². The number of carbonyl (C=O) groups is 2. The summed E-state index contributed by atoms with van der Waals surface area (Å²) in [5, 5.41) is 1.93. The highest BCUT2D eigenvalue weighted by Gasteiger charge is 2.29. The fourth-order valence-corrected chi connectivity index (χ4v) is 4.09. The van der Waals surface area contributed by atoms with Crippen LogP contribution < -0.4 is 0 Å². The molecular weight excluding hydrogens is 368 g/mol. The van der Waals surface area contributed by atoms with Crippen molar-refractivity contribution in [2.24, 2.45) is 0 Å². The molecular formula is C23H28N2O4. The molecule has 0 saturated carbocycles. The average molecular weight is 396 g/mol. The highest BCUT2D eigenvalue weighted by atomic mass is 16.7. The van der Waals surface area contributed by atoms with E-state index in [1.54, 1.807) is 9.80 Å². The quantitative estimate of drug-likeness (QED) is 0.679. The number of nitrogens with zero attached hydrogens (tertiary/aromatic N) is 2. The fraction of sp³-hybridized carbons (Fsp3) is 0.478. The maximum absolute atomic E-state index is 12.8. The summed E-state index contributed by atoms with van der Waals surface area (Å²) < 4.78 is 11.5. The van der Waals surface area contributed by atoms with Crippen molar-refractivity contribution in [2.45, 2.75) is 44.8 Å². The van der Waals surface area contributed by atoms with E-state index >= 15 is 0 Å². The van der Waals surface area contributed by atoms with Crippen molar-refractivity contribution in [1.82, 2.24) is 9.80 Å². The van der Waals surface area contributed by atoms with E-state index in [0.29, 0.717) is 31.7 Å². The third kappa shape index (κ3) is 4.63. The largest absolute Gasteiger partial charge is 0.413 e. The second kappa shape index (κ2) is 9.16. The molecule has 0 N–H and O–H groups in total. The predicted molar refractivity (Wildman–Crippen MR) is 110 cm³/mol. The first-order valence-corrected chi connectivity index (χ1v) is 10.6. The number of likely N-dealkylation sites (tertiary alicyclic amines) is 2. The first kappa shape index (κ1) is 19.6. The minimum atomic E-state index is -1.06. The highest BCUT2D eigenvalue weighted by Crippen LogP contribution is 2.29. The molecule has 0 aromatic heterocycles. The fourth-order valence-electron chi connectivity index (χ4n) is 4.09. The maximum Gasteiger partial charge on any atom is 0.413 e. The van der Waals surface area contributed by atoms with E-state index in [2.05, 4.69) is 0 Å². The summed E-state index contributed by atoms with van der Waals surface area (Å²) >= 11 is 0. The zero-order chi connectivity index (χ0) is 20.1. The molecule has 2 aromatic rings. The van der Waals surface area contributed by atoms with Crippen LogP contribution >= 0.6 is 0 Å². The van der Waals surface area contributed by atoms with Gasteiger partial charge in [-0.25, -0.2) is 9.59 Å². The Morgan fingerprint density at radius 2 is 1.21 bits per heavy atom. The lowest BCUT2D eigenvalue weighted by Crippen LogP contribution is -2.39. The summed E-state index contributed by atoms with van der Waals surface area (Å²) in [5.74, 6) is 0. The smallest absolute Gasteiger partial charge is 0.404 e. The van der Waals surface area contributed by atoms with Gasteiger partial charge in [-0.05, 0) is 49.3 Å². The van der Waals surface area contributed by atoms with Gasteiger partial charge in [-0.15, -0.1) is 0 Å². The molecule has 0 spiro atoms. The molecule has 0 atom stereocenters. The Balaban J connectivity index is 1.59. The number of ether oxygens (including phenoxy) is 2. The minimum Gasteiger partial charge on any atom is -0.404 e. The summed E-state index contributed by atoms with van der Waals surface area (Å²) in [6, 6.07) is 13.6. The van der Waals surface area contributed by atoms with E-state index in [-0.39, 0.29) is 0 Å². The van der Waals surface area contributed by atoms with Crippen molar-refractivity contribution in [3.05, 3.63) is 48.0 Å².